The SMILES string of the molecule is COC(=O)c1nc(-c2ccc(C(C)=O)cc2Cl)ccc1Cl. The van der Waals surface area contributed by atoms with Gasteiger partial charge in [-0.15, -0.1) is 0 Å². The molecule has 0 amide bonds. The van der Waals surface area contributed by atoms with Crippen molar-refractivity contribution in [3.05, 3.63) is 51.6 Å². The average molecular weight is 324 g/mol. The van der Waals surface area contributed by atoms with Crippen molar-refractivity contribution in [1.82, 2.24) is 4.98 Å². The third-order valence-electron chi connectivity index (χ3n) is 2.88. The second kappa shape index (κ2) is 6.24. The number of aromatic nitrogens is 1. The van der Waals surface area contributed by atoms with Crippen molar-refractivity contribution < 1.29 is 14.3 Å². The molecule has 2 aromatic rings. The fourth-order valence-corrected chi connectivity index (χ4v) is 2.23. The van der Waals surface area contributed by atoms with Crippen molar-refractivity contribution in [2.24, 2.45) is 0 Å². The maximum Gasteiger partial charge on any atom is 0.358 e. The largest absolute Gasteiger partial charge is 0.464 e. The van der Waals surface area contributed by atoms with Gasteiger partial charge in [-0.3, -0.25) is 4.79 Å². The molecular formula is C15H11Cl2NO3. The number of hydrogen-bond donors (Lipinski definition) is 0. The fraction of sp³-hybridized carbons (Fsp3) is 0.133. The highest BCUT2D eigenvalue weighted by molar-refractivity contribution is 6.34. The van der Waals surface area contributed by atoms with E-state index in [-0.39, 0.29) is 16.5 Å². The predicted molar refractivity (Wildman–Crippen MR) is 81.0 cm³/mol. The molecule has 0 aliphatic heterocycles. The number of carbonyl (C=O) groups is 2. The molecule has 0 saturated carbocycles. The van der Waals surface area contributed by atoms with Crippen LogP contribution in [-0.2, 0) is 4.74 Å². The van der Waals surface area contributed by atoms with Gasteiger partial charge in [0.1, 0.15) is 0 Å². The molecule has 0 saturated heterocycles. The Bertz CT molecular complexity index is 729. The van der Waals surface area contributed by atoms with Gasteiger partial charge < -0.3 is 4.74 Å². The van der Waals surface area contributed by atoms with Crippen LogP contribution in [0.15, 0.2) is 30.3 Å². The minimum Gasteiger partial charge on any atom is -0.464 e. The van der Waals surface area contributed by atoms with Gasteiger partial charge in [0.2, 0.25) is 0 Å². The van der Waals surface area contributed by atoms with E-state index >= 15 is 0 Å². The molecule has 0 N–H and O–H groups in total. The second-order valence-corrected chi connectivity index (χ2v) is 5.08. The van der Waals surface area contributed by atoms with Crippen LogP contribution < -0.4 is 0 Å². The molecule has 4 nitrogen and oxygen atoms in total. The van der Waals surface area contributed by atoms with E-state index in [1.807, 2.05) is 0 Å². The first-order valence-corrected chi connectivity index (χ1v) is 6.75. The first-order valence-electron chi connectivity index (χ1n) is 5.99. The number of hydrogen-bond acceptors (Lipinski definition) is 4. The quantitative estimate of drug-likeness (QED) is 0.631. The smallest absolute Gasteiger partial charge is 0.358 e. The Morgan fingerprint density at radius 3 is 2.38 bits per heavy atom. The van der Waals surface area contributed by atoms with Crippen LogP contribution in [0.2, 0.25) is 10.0 Å². The first kappa shape index (κ1) is 15.5. The van der Waals surface area contributed by atoms with E-state index in [2.05, 4.69) is 9.72 Å². The minimum atomic E-state index is -0.627. The zero-order chi connectivity index (χ0) is 15.6. The number of pyridine rings is 1. The van der Waals surface area contributed by atoms with Crippen LogP contribution in [0.1, 0.15) is 27.8 Å². The predicted octanol–water partition coefficient (Wildman–Crippen LogP) is 4.04. The maximum absolute atomic E-state index is 11.6. The van der Waals surface area contributed by atoms with E-state index in [1.165, 1.54) is 14.0 Å². The number of ketones is 1. The number of nitrogens with zero attached hydrogens (tertiary/aromatic N) is 1. The van der Waals surface area contributed by atoms with Gasteiger partial charge in [-0.05, 0) is 25.1 Å². The van der Waals surface area contributed by atoms with Crippen molar-refractivity contribution in [2.45, 2.75) is 6.92 Å². The van der Waals surface area contributed by atoms with Crippen molar-refractivity contribution in [3.8, 4) is 11.3 Å². The van der Waals surface area contributed by atoms with Gasteiger partial charge in [0, 0.05) is 11.1 Å². The Morgan fingerprint density at radius 2 is 1.81 bits per heavy atom. The summed E-state index contributed by atoms with van der Waals surface area (Å²) < 4.78 is 4.63. The topological polar surface area (TPSA) is 56.3 Å². The number of carbonyl (C=O) groups excluding carboxylic acids is 2. The van der Waals surface area contributed by atoms with Crippen LogP contribution in [0.3, 0.4) is 0 Å². The van der Waals surface area contributed by atoms with Gasteiger partial charge in [-0.1, -0.05) is 35.3 Å². The lowest BCUT2D eigenvalue weighted by molar-refractivity contribution is 0.0594. The maximum atomic E-state index is 11.6. The number of Topliss-reactive ketones (excluding diaryl/α,β-unsaturated/α-hetero) is 1. The molecule has 0 unspecified atom stereocenters. The third kappa shape index (κ3) is 3.23. The Balaban J connectivity index is 2.52. The van der Waals surface area contributed by atoms with Gasteiger partial charge in [0.25, 0.3) is 0 Å². The summed E-state index contributed by atoms with van der Waals surface area (Å²) in [7, 11) is 1.25. The molecule has 21 heavy (non-hydrogen) atoms. The number of rotatable bonds is 3. The van der Waals surface area contributed by atoms with Gasteiger partial charge >= 0.3 is 5.97 Å². The summed E-state index contributed by atoms with van der Waals surface area (Å²) in [6.07, 6.45) is 0. The van der Waals surface area contributed by atoms with E-state index in [1.54, 1.807) is 30.3 Å². The number of esters is 1. The lowest BCUT2D eigenvalue weighted by Crippen LogP contribution is -2.06. The molecule has 6 heteroatoms. The third-order valence-corrected chi connectivity index (χ3v) is 3.49. The molecule has 0 spiro atoms. The summed E-state index contributed by atoms with van der Waals surface area (Å²) in [5.41, 5.74) is 1.60. The highest BCUT2D eigenvalue weighted by Gasteiger charge is 2.15. The number of ether oxygens (including phenoxy) is 1. The number of methoxy groups -OCH3 is 1. The van der Waals surface area contributed by atoms with Crippen LogP contribution in [0.4, 0.5) is 0 Å². The van der Waals surface area contributed by atoms with E-state index in [0.29, 0.717) is 21.8 Å². The van der Waals surface area contributed by atoms with Crippen LogP contribution in [0.5, 0.6) is 0 Å². The summed E-state index contributed by atoms with van der Waals surface area (Å²) in [5, 5.41) is 0.565. The fourth-order valence-electron chi connectivity index (χ4n) is 1.77. The Labute approximate surface area is 131 Å². The second-order valence-electron chi connectivity index (χ2n) is 4.27. The Hall–Kier alpha value is -1.91. The Morgan fingerprint density at radius 1 is 1.10 bits per heavy atom. The van der Waals surface area contributed by atoms with E-state index < -0.39 is 5.97 Å². The first-order chi connectivity index (χ1) is 9.93. The van der Waals surface area contributed by atoms with E-state index in [0.717, 1.165) is 0 Å². The molecule has 0 fully saturated rings. The zero-order valence-electron chi connectivity index (χ0n) is 11.3. The van der Waals surface area contributed by atoms with E-state index in [9.17, 15) is 9.59 Å². The molecular weight excluding hydrogens is 313 g/mol. The molecule has 1 aromatic carbocycles. The summed E-state index contributed by atoms with van der Waals surface area (Å²) >= 11 is 12.1. The molecule has 0 aliphatic carbocycles. The van der Waals surface area contributed by atoms with Gasteiger partial charge in [0.05, 0.1) is 22.8 Å². The van der Waals surface area contributed by atoms with Crippen LogP contribution in [0.25, 0.3) is 11.3 Å². The van der Waals surface area contributed by atoms with Crippen molar-refractivity contribution in [3.63, 3.8) is 0 Å². The van der Waals surface area contributed by atoms with Crippen molar-refractivity contribution in [1.29, 1.82) is 0 Å². The van der Waals surface area contributed by atoms with Crippen LogP contribution in [0, 0.1) is 0 Å². The molecule has 0 aliphatic rings. The van der Waals surface area contributed by atoms with Crippen molar-refractivity contribution >= 4 is 35.0 Å². The lowest BCUT2D eigenvalue weighted by Gasteiger charge is -2.08. The molecule has 1 aromatic heterocycles. The number of benzene rings is 1. The Kier molecular flexibility index (Phi) is 4.60. The normalized spacial score (nSPS) is 10.3. The summed E-state index contributed by atoms with van der Waals surface area (Å²) in [6, 6.07) is 8.08. The van der Waals surface area contributed by atoms with Crippen LogP contribution >= 0.6 is 23.2 Å². The minimum absolute atomic E-state index is 0.0170. The highest BCUT2D eigenvalue weighted by atomic mass is 35.5. The average Bonchev–Trinajstić information content (AvgIpc) is 2.47. The molecule has 108 valence electrons. The molecule has 0 bridgehead atoms. The molecule has 0 radical (unpaired) electrons. The molecule has 2 rings (SSSR count). The summed E-state index contributed by atoms with van der Waals surface area (Å²) in [4.78, 5) is 27.1. The standard InChI is InChI=1S/C15H11Cl2NO3/c1-8(19)9-3-4-10(12(17)7-9)13-6-5-11(16)14(18-13)15(20)21-2/h3-7H,1-2H3. The number of halogens is 2. The van der Waals surface area contributed by atoms with Gasteiger partial charge in [0.15, 0.2) is 11.5 Å². The zero-order valence-corrected chi connectivity index (χ0v) is 12.8. The lowest BCUT2D eigenvalue weighted by atomic mass is 10.1. The van der Waals surface area contributed by atoms with E-state index in [4.69, 9.17) is 23.2 Å². The summed E-state index contributed by atoms with van der Waals surface area (Å²) in [5.74, 6) is -0.707. The molecule has 1 heterocycles. The molecule has 0 atom stereocenters. The van der Waals surface area contributed by atoms with Gasteiger partial charge in [-0.25, -0.2) is 9.78 Å². The monoisotopic (exact) mass is 323 g/mol. The van der Waals surface area contributed by atoms with Crippen molar-refractivity contribution in [2.75, 3.05) is 7.11 Å². The highest BCUT2D eigenvalue weighted by Crippen LogP contribution is 2.29. The summed E-state index contributed by atoms with van der Waals surface area (Å²) in [6.45, 7) is 1.46. The van der Waals surface area contributed by atoms with Crippen LogP contribution in [-0.4, -0.2) is 23.8 Å². The van der Waals surface area contributed by atoms with Gasteiger partial charge in [-0.2, -0.15) is 0 Å².